The maximum atomic E-state index is 11.7. The van der Waals surface area contributed by atoms with Crippen LogP contribution >= 0.6 is 0 Å². The van der Waals surface area contributed by atoms with Crippen molar-refractivity contribution in [2.75, 3.05) is 0 Å². The Morgan fingerprint density at radius 3 is 2.56 bits per heavy atom. The summed E-state index contributed by atoms with van der Waals surface area (Å²) < 4.78 is 0. The van der Waals surface area contributed by atoms with Gasteiger partial charge in [-0.1, -0.05) is 36.4 Å². The summed E-state index contributed by atoms with van der Waals surface area (Å²) in [6.07, 6.45) is 2.75. The molecule has 0 aliphatic carbocycles. The first-order chi connectivity index (χ1) is 8.63. The Morgan fingerprint density at radius 2 is 2.00 bits per heavy atom. The fourth-order valence-corrected chi connectivity index (χ4v) is 1.57. The highest BCUT2D eigenvalue weighted by molar-refractivity contribution is 5.84. The van der Waals surface area contributed by atoms with Gasteiger partial charge in [0.15, 0.2) is 0 Å². The number of benzene rings is 1. The Morgan fingerprint density at radius 1 is 1.33 bits per heavy atom. The third-order valence-corrected chi connectivity index (χ3v) is 2.50. The van der Waals surface area contributed by atoms with Crippen molar-refractivity contribution in [1.82, 2.24) is 5.32 Å². The van der Waals surface area contributed by atoms with E-state index in [1.54, 1.807) is 6.08 Å². The molecule has 1 aromatic rings. The Labute approximate surface area is 106 Å². The van der Waals surface area contributed by atoms with Gasteiger partial charge < -0.3 is 10.4 Å². The van der Waals surface area contributed by atoms with E-state index in [2.05, 4.69) is 11.9 Å². The molecule has 18 heavy (non-hydrogen) atoms. The Kier molecular flexibility index (Phi) is 5.64. The number of carbonyl (C=O) groups is 2. The highest BCUT2D eigenvalue weighted by atomic mass is 16.4. The van der Waals surface area contributed by atoms with E-state index >= 15 is 0 Å². The highest BCUT2D eigenvalue weighted by Gasteiger charge is 2.18. The molecule has 0 fully saturated rings. The predicted octanol–water partition coefficient (Wildman–Crippen LogP) is 1.76. The Hall–Kier alpha value is -2.10. The van der Waals surface area contributed by atoms with Crippen molar-refractivity contribution in [2.45, 2.75) is 25.3 Å². The lowest BCUT2D eigenvalue weighted by molar-refractivity contribution is -0.141. The second-order valence-electron chi connectivity index (χ2n) is 3.99. The van der Waals surface area contributed by atoms with E-state index < -0.39 is 12.0 Å². The number of nitrogens with one attached hydrogen (secondary N) is 1. The van der Waals surface area contributed by atoms with Crippen molar-refractivity contribution in [3.63, 3.8) is 0 Å². The number of allylic oxidation sites excluding steroid dienone is 1. The van der Waals surface area contributed by atoms with Crippen LogP contribution in [0.1, 0.15) is 18.4 Å². The van der Waals surface area contributed by atoms with Crippen molar-refractivity contribution in [3.8, 4) is 0 Å². The minimum Gasteiger partial charge on any atom is -0.480 e. The summed E-state index contributed by atoms with van der Waals surface area (Å²) in [5, 5.41) is 11.5. The SMILES string of the molecule is C=CCCC(NC(=O)Cc1ccccc1)C(=O)O. The molecule has 0 bridgehead atoms. The lowest BCUT2D eigenvalue weighted by Crippen LogP contribution is -2.41. The summed E-state index contributed by atoms with van der Waals surface area (Å²) in [4.78, 5) is 22.6. The molecule has 1 atom stereocenters. The van der Waals surface area contributed by atoms with Crippen molar-refractivity contribution in [3.05, 3.63) is 48.6 Å². The molecule has 0 aliphatic heterocycles. The van der Waals surface area contributed by atoms with Gasteiger partial charge in [-0.05, 0) is 18.4 Å². The first-order valence-electron chi connectivity index (χ1n) is 5.80. The van der Waals surface area contributed by atoms with Crippen LogP contribution in [-0.2, 0) is 16.0 Å². The standard InChI is InChI=1S/C14H17NO3/c1-2-3-9-12(14(17)18)15-13(16)10-11-7-5-4-6-8-11/h2,4-8,12H,1,3,9-10H2,(H,15,16)(H,17,18). The van der Waals surface area contributed by atoms with E-state index in [0.29, 0.717) is 12.8 Å². The molecule has 0 aliphatic rings. The largest absolute Gasteiger partial charge is 0.480 e. The van der Waals surface area contributed by atoms with Crippen molar-refractivity contribution in [2.24, 2.45) is 0 Å². The van der Waals surface area contributed by atoms with E-state index in [1.807, 2.05) is 30.3 Å². The summed E-state index contributed by atoms with van der Waals surface area (Å²) in [7, 11) is 0. The van der Waals surface area contributed by atoms with Gasteiger partial charge in [-0.2, -0.15) is 0 Å². The molecule has 4 nitrogen and oxygen atoms in total. The van der Waals surface area contributed by atoms with Gasteiger partial charge >= 0.3 is 5.97 Å². The molecule has 4 heteroatoms. The summed E-state index contributed by atoms with van der Waals surface area (Å²) in [6, 6.07) is 8.37. The number of rotatable bonds is 7. The van der Waals surface area contributed by atoms with Gasteiger partial charge in [0.25, 0.3) is 0 Å². The molecule has 0 saturated carbocycles. The van der Waals surface area contributed by atoms with Crippen LogP contribution in [0.5, 0.6) is 0 Å². The minimum atomic E-state index is -1.02. The number of amides is 1. The normalized spacial score (nSPS) is 11.6. The van der Waals surface area contributed by atoms with Crippen LogP contribution in [0.4, 0.5) is 0 Å². The number of hydrogen-bond acceptors (Lipinski definition) is 2. The second-order valence-corrected chi connectivity index (χ2v) is 3.99. The van der Waals surface area contributed by atoms with Crippen LogP contribution in [0.2, 0.25) is 0 Å². The van der Waals surface area contributed by atoms with Gasteiger partial charge in [0.05, 0.1) is 6.42 Å². The number of aliphatic carboxylic acids is 1. The quantitative estimate of drug-likeness (QED) is 0.721. The highest BCUT2D eigenvalue weighted by Crippen LogP contribution is 2.02. The molecule has 1 aromatic carbocycles. The number of carbonyl (C=O) groups excluding carboxylic acids is 1. The Bertz CT molecular complexity index is 414. The molecule has 0 spiro atoms. The van der Waals surface area contributed by atoms with Crippen LogP contribution in [0.3, 0.4) is 0 Å². The van der Waals surface area contributed by atoms with E-state index in [9.17, 15) is 9.59 Å². The van der Waals surface area contributed by atoms with E-state index in [1.165, 1.54) is 0 Å². The van der Waals surface area contributed by atoms with E-state index in [0.717, 1.165) is 5.56 Å². The third-order valence-electron chi connectivity index (χ3n) is 2.50. The van der Waals surface area contributed by atoms with Crippen molar-refractivity contribution in [1.29, 1.82) is 0 Å². The number of carboxylic acids is 1. The Balaban J connectivity index is 2.51. The molecule has 0 radical (unpaired) electrons. The average Bonchev–Trinajstić information content (AvgIpc) is 2.35. The molecule has 1 amide bonds. The number of hydrogen-bond donors (Lipinski definition) is 2. The van der Waals surface area contributed by atoms with Crippen LogP contribution in [0, 0.1) is 0 Å². The summed E-state index contributed by atoms with van der Waals surface area (Å²) >= 11 is 0. The van der Waals surface area contributed by atoms with E-state index in [-0.39, 0.29) is 12.3 Å². The second kappa shape index (κ2) is 7.27. The van der Waals surface area contributed by atoms with Gasteiger partial charge in [-0.25, -0.2) is 4.79 Å². The first-order valence-corrected chi connectivity index (χ1v) is 5.80. The molecule has 0 heterocycles. The summed E-state index contributed by atoms with van der Waals surface area (Å²) in [5.41, 5.74) is 0.864. The topological polar surface area (TPSA) is 66.4 Å². The minimum absolute atomic E-state index is 0.193. The molecule has 2 N–H and O–H groups in total. The lowest BCUT2D eigenvalue weighted by Gasteiger charge is -2.13. The van der Waals surface area contributed by atoms with Crippen LogP contribution in [0.15, 0.2) is 43.0 Å². The van der Waals surface area contributed by atoms with Gasteiger partial charge in [0.2, 0.25) is 5.91 Å². The zero-order chi connectivity index (χ0) is 13.4. The predicted molar refractivity (Wildman–Crippen MR) is 69.1 cm³/mol. The molecule has 0 saturated heterocycles. The van der Waals surface area contributed by atoms with Crippen molar-refractivity contribution < 1.29 is 14.7 Å². The van der Waals surface area contributed by atoms with Gasteiger partial charge in [0, 0.05) is 0 Å². The van der Waals surface area contributed by atoms with Gasteiger partial charge in [-0.15, -0.1) is 6.58 Å². The molecule has 1 unspecified atom stereocenters. The molecular weight excluding hydrogens is 230 g/mol. The summed E-state index contributed by atoms with van der Waals surface area (Å²) in [5.74, 6) is -1.30. The van der Waals surface area contributed by atoms with Crippen LogP contribution in [-0.4, -0.2) is 23.0 Å². The first kappa shape index (κ1) is 14.0. The average molecular weight is 247 g/mol. The monoisotopic (exact) mass is 247 g/mol. The molecule has 96 valence electrons. The van der Waals surface area contributed by atoms with Gasteiger partial charge in [-0.3, -0.25) is 4.79 Å². The maximum Gasteiger partial charge on any atom is 0.326 e. The molecule has 1 rings (SSSR count). The van der Waals surface area contributed by atoms with Crippen LogP contribution < -0.4 is 5.32 Å². The third kappa shape index (κ3) is 4.82. The van der Waals surface area contributed by atoms with Crippen molar-refractivity contribution >= 4 is 11.9 Å². The zero-order valence-corrected chi connectivity index (χ0v) is 10.1. The van der Waals surface area contributed by atoms with E-state index in [4.69, 9.17) is 5.11 Å². The number of carboxylic acid groups (broad SMARTS) is 1. The van der Waals surface area contributed by atoms with Crippen LogP contribution in [0.25, 0.3) is 0 Å². The fourth-order valence-electron chi connectivity index (χ4n) is 1.57. The zero-order valence-electron chi connectivity index (χ0n) is 10.1. The molecular formula is C14H17NO3. The smallest absolute Gasteiger partial charge is 0.326 e. The summed E-state index contributed by atoms with van der Waals surface area (Å²) in [6.45, 7) is 3.53. The molecule has 0 aromatic heterocycles. The van der Waals surface area contributed by atoms with Gasteiger partial charge in [0.1, 0.15) is 6.04 Å². The maximum absolute atomic E-state index is 11.7. The lowest BCUT2D eigenvalue weighted by atomic mass is 10.1. The fraction of sp³-hybridized carbons (Fsp3) is 0.286.